The van der Waals surface area contributed by atoms with Gasteiger partial charge in [0.25, 0.3) is 0 Å². The Morgan fingerprint density at radius 3 is 2.70 bits per heavy atom. The van der Waals surface area contributed by atoms with Crippen molar-refractivity contribution < 1.29 is 22.4 Å². The molecule has 9 heteroatoms. The highest BCUT2D eigenvalue weighted by atomic mass is 35.5. The minimum atomic E-state index is -4.71. The first-order valence-corrected chi connectivity index (χ1v) is 7.17. The van der Waals surface area contributed by atoms with E-state index in [1.165, 1.54) is 4.90 Å². The lowest BCUT2D eigenvalue weighted by Crippen LogP contribution is -2.27. The highest BCUT2D eigenvalue weighted by Gasteiger charge is 2.41. The van der Waals surface area contributed by atoms with Crippen LogP contribution in [-0.2, 0) is 17.5 Å². The average Bonchev–Trinajstić information content (AvgIpc) is 3.09. The van der Waals surface area contributed by atoms with Gasteiger partial charge in [0.2, 0.25) is 11.8 Å². The third-order valence-electron chi connectivity index (χ3n) is 3.59. The normalized spacial score (nSPS) is 18.7. The van der Waals surface area contributed by atoms with Crippen LogP contribution in [0, 0.1) is 0 Å². The van der Waals surface area contributed by atoms with Crippen LogP contribution in [0.25, 0.3) is 0 Å². The number of halogens is 4. The van der Waals surface area contributed by atoms with Crippen molar-refractivity contribution in [1.82, 2.24) is 15.1 Å². The summed E-state index contributed by atoms with van der Waals surface area (Å²) in [4.78, 5) is 13.5. The van der Waals surface area contributed by atoms with E-state index < -0.39 is 18.1 Å². The van der Waals surface area contributed by atoms with Gasteiger partial charge in [0, 0.05) is 18.0 Å². The van der Waals surface area contributed by atoms with Gasteiger partial charge in [-0.15, -0.1) is 10.2 Å². The molecule has 1 fully saturated rings. The Balaban J connectivity index is 1.85. The molecule has 0 saturated carbocycles. The van der Waals surface area contributed by atoms with E-state index in [0.29, 0.717) is 17.0 Å². The average molecular weight is 346 g/mol. The number of hydrogen-bond donors (Lipinski definition) is 0. The lowest BCUT2D eigenvalue weighted by atomic mass is 10.2. The molecule has 1 atom stereocenters. The summed E-state index contributed by atoms with van der Waals surface area (Å²) >= 11 is 6.07. The van der Waals surface area contributed by atoms with Crippen molar-refractivity contribution in [1.29, 1.82) is 0 Å². The third kappa shape index (κ3) is 3.17. The Kier molecular flexibility index (Phi) is 4.01. The monoisotopic (exact) mass is 345 g/mol. The van der Waals surface area contributed by atoms with Gasteiger partial charge in [-0.2, -0.15) is 13.2 Å². The van der Waals surface area contributed by atoms with Crippen LogP contribution in [0.3, 0.4) is 0 Å². The molecule has 1 amide bonds. The molecule has 3 rings (SSSR count). The topological polar surface area (TPSA) is 59.2 Å². The maximum Gasteiger partial charge on any atom is 0.470 e. The molecule has 1 saturated heterocycles. The van der Waals surface area contributed by atoms with Gasteiger partial charge < -0.3 is 9.32 Å². The fourth-order valence-electron chi connectivity index (χ4n) is 2.48. The number of hydrogen-bond acceptors (Lipinski definition) is 4. The van der Waals surface area contributed by atoms with E-state index in [0.717, 1.165) is 0 Å². The molecule has 5 nitrogen and oxygen atoms in total. The predicted molar refractivity (Wildman–Crippen MR) is 73.3 cm³/mol. The van der Waals surface area contributed by atoms with E-state index >= 15 is 0 Å². The molecule has 0 N–H and O–H groups in total. The molecular formula is C14H11ClF3N3O2. The quantitative estimate of drug-likeness (QED) is 0.852. The summed E-state index contributed by atoms with van der Waals surface area (Å²) in [5.41, 5.74) is 0.699. The molecule has 2 heterocycles. The SMILES string of the molecule is O=C1CCC(c2nnc(C(F)(F)F)o2)N1Cc1ccccc1Cl. The number of rotatable bonds is 3. The summed E-state index contributed by atoms with van der Waals surface area (Å²) in [5, 5.41) is 6.94. The van der Waals surface area contributed by atoms with Crippen LogP contribution in [0.1, 0.15) is 36.2 Å². The summed E-state index contributed by atoms with van der Waals surface area (Å²) in [6.45, 7) is 0.174. The van der Waals surface area contributed by atoms with Crippen LogP contribution in [0.4, 0.5) is 13.2 Å². The zero-order valence-corrected chi connectivity index (χ0v) is 12.4. The van der Waals surface area contributed by atoms with Crippen molar-refractivity contribution in [2.75, 3.05) is 0 Å². The molecule has 1 aromatic heterocycles. The smallest absolute Gasteiger partial charge is 0.415 e. The molecule has 0 spiro atoms. The van der Waals surface area contributed by atoms with Gasteiger partial charge in [-0.25, -0.2) is 0 Å². The Labute approximate surface area is 134 Å². The summed E-state index contributed by atoms with van der Waals surface area (Å²) < 4.78 is 42.4. The molecular weight excluding hydrogens is 335 g/mol. The molecule has 23 heavy (non-hydrogen) atoms. The second kappa shape index (κ2) is 5.84. The van der Waals surface area contributed by atoms with Gasteiger partial charge in [0.05, 0.1) is 0 Å². The highest BCUT2D eigenvalue weighted by molar-refractivity contribution is 6.31. The number of aromatic nitrogens is 2. The van der Waals surface area contributed by atoms with Crippen molar-refractivity contribution in [3.05, 3.63) is 46.6 Å². The zero-order chi connectivity index (χ0) is 16.6. The summed E-state index contributed by atoms with van der Waals surface area (Å²) in [5.74, 6) is -1.82. The number of nitrogens with zero attached hydrogens (tertiary/aromatic N) is 3. The first kappa shape index (κ1) is 15.8. The molecule has 0 aliphatic carbocycles. The molecule has 0 bridgehead atoms. The van der Waals surface area contributed by atoms with Crippen LogP contribution < -0.4 is 0 Å². The summed E-state index contributed by atoms with van der Waals surface area (Å²) in [6.07, 6.45) is -4.18. The molecule has 1 aliphatic heterocycles. The highest BCUT2D eigenvalue weighted by Crippen LogP contribution is 2.36. The van der Waals surface area contributed by atoms with Crippen LogP contribution in [-0.4, -0.2) is 21.0 Å². The number of likely N-dealkylation sites (tertiary alicyclic amines) is 1. The fourth-order valence-corrected chi connectivity index (χ4v) is 2.68. The van der Waals surface area contributed by atoms with Gasteiger partial charge in [0.15, 0.2) is 0 Å². The van der Waals surface area contributed by atoms with Gasteiger partial charge in [-0.05, 0) is 18.1 Å². The zero-order valence-electron chi connectivity index (χ0n) is 11.7. The van der Waals surface area contributed by atoms with Crippen molar-refractivity contribution in [3.8, 4) is 0 Å². The van der Waals surface area contributed by atoms with Crippen molar-refractivity contribution in [2.24, 2.45) is 0 Å². The summed E-state index contributed by atoms with van der Waals surface area (Å²) in [7, 11) is 0. The van der Waals surface area contributed by atoms with Crippen molar-refractivity contribution in [3.63, 3.8) is 0 Å². The van der Waals surface area contributed by atoms with Gasteiger partial charge >= 0.3 is 12.1 Å². The number of carbonyl (C=O) groups is 1. The first-order valence-electron chi connectivity index (χ1n) is 6.79. The largest absolute Gasteiger partial charge is 0.470 e. The number of amides is 1. The lowest BCUT2D eigenvalue weighted by Gasteiger charge is -2.22. The third-order valence-corrected chi connectivity index (χ3v) is 3.96. The Bertz CT molecular complexity index is 732. The van der Waals surface area contributed by atoms with Gasteiger partial charge in [-0.3, -0.25) is 4.79 Å². The molecule has 2 aromatic rings. The molecule has 122 valence electrons. The lowest BCUT2D eigenvalue weighted by molar-refractivity contribution is -0.157. The standard InChI is InChI=1S/C14H11ClF3N3O2/c15-9-4-2-1-3-8(9)7-21-10(5-6-11(21)22)12-19-20-13(23-12)14(16,17)18/h1-4,10H,5-7H2. The second-order valence-corrected chi connectivity index (χ2v) is 5.52. The van der Waals surface area contributed by atoms with E-state index in [9.17, 15) is 18.0 Å². The Morgan fingerprint density at radius 1 is 1.30 bits per heavy atom. The molecule has 1 aromatic carbocycles. The van der Waals surface area contributed by atoms with E-state index in [4.69, 9.17) is 16.0 Å². The minimum absolute atomic E-state index is 0.174. The fraction of sp³-hybridized carbons (Fsp3) is 0.357. The molecule has 1 aliphatic rings. The van der Waals surface area contributed by atoms with Crippen LogP contribution >= 0.6 is 11.6 Å². The van der Waals surface area contributed by atoms with E-state index in [1.807, 2.05) is 0 Å². The molecule has 0 radical (unpaired) electrons. The van der Waals surface area contributed by atoms with Crippen LogP contribution in [0.15, 0.2) is 28.7 Å². The van der Waals surface area contributed by atoms with Gasteiger partial charge in [0.1, 0.15) is 6.04 Å². The van der Waals surface area contributed by atoms with E-state index in [-0.39, 0.29) is 24.8 Å². The Morgan fingerprint density at radius 2 is 2.04 bits per heavy atom. The maximum atomic E-state index is 12.6. The second-order valence-electron chi connectivity index (χ2n) is 5.11. The number of benzene rings is 1. The van der Waals surface area contributed by atoms with E-state index in [2.05, 4.69) is 10.2 Å². The number of alkyl halides is 3. The number of carbonyl (C=O) groups excluding carboxylic acids is 1. The first-order chi connectivity index (χ1) is 10.9. The van der Waals surface area contributed by atoms with Crippen LogP contribution in [0.5, 0.6) is 0 Å². The van der Waals surface area contributed by atoms with E-state index in [1.54, 1.807) is 24.3 Å². The summed E-state index contributed by atoms with van der Waals surface area (Å²) in [6, 6.07) is 6.27. The molecule has 1 unspecified atom stereocenters. The van der Waals surface area contributed by atoms with Crippen molar-refractivity contribution in [2.45, 2.75) is 31.6 Å². The predicted octanol–water partition coefficient (Wildman–Crippen LogP) is 3.61. The van der Waals surface area contributed by atoms with Crippen LogP contribution in [0.2, 0.25) is 5.02 Å². The maximum absolute atomic E-state index is 12.6. The minimum Gasteiger partial charge on any atom is -0.415 e. The van der Waals surface area contributed by atoms with Gasteiger partial charge in [-0.1, -0.05) is 29.8 Å². The van der Waals surface area contributed by atoms with Crippen molar-refractivity contribution >= 4 is 17.5 Å². The Hall–Kier alpha value is -2.09.